The average molecular weight is 347 g/mol. The van der Waals surface area contributed by atoms with Crippen molar-refractivity contribution in [1.29, 1.82) is 0 Å². The van der Waals surface area contributed by atoms with Crippen LogP contribution in [0.25, 0.3) is 0 Å². The van der Waals surface area contributed by atoms with Crippen molar-refractivity contribution in [3.05, 3.63) is 0 Å². The van der Waals surface area contributed by atoms with E-state index in [9.17, 15) is 0 Å². The molecule has 0 heterocycles. The lowest BCUT2D eigenvalue weighted by Crippen LogP contribution is -2.20. The Morgan fingerprint density at radius 1 is 0.696 bits per heavy atom. The van der Waals surface area contributed by atoms with E-state index >= 15 is 0 Å². The Hall–Kier alpha value is 0.270. The van der Waals surface area contributed by atoms with Gasteiger partial charge in [-0.2, -0.15) is 12.6 Å². The van der Waals surface area contributed by atoms with Gasteiger partial charge >= 0.3 is 0 Å². The van der Waals surface area contributed by atoms with Crippen LogP contribution in [0.15, 0.2) is 0 Å². The predicted molar refractivity (Wildman–Crippen MR) is 106 cm³/mol. The van der Waals surface area contributed by atoms with Crippen LogP contribution in [-0.4, -0.2) is 32.2 Å². The first-order chi connectivity index (χ1) is 11.3. The molecule has 2 nitrogen and oxygen atoms in total. The summed E-state index contributed by atoms with van der Waals surface area (Å²) in [6, 6.07) is 0. The van der Waals surface area contributed by atoms with Crippen LogP contribution in [-0.2, 0) is 9.47 Å². The largest absolute Gasteiger partial charge is 0.379 e. The van der Waals surface area contributed by atoms with E-state index in [4.69, 9.17) is 9.47 Å². The summed E-state index contributed by atoms with van der Waals surface area (Å²) < 4.78 is 10.8. The molecule has 0 saturated carbocycles. The van der Waals surface area contributed by atoms with Crippen LogP contribution in [0.1, 0.15) is 96.8 Å². The van der Waals surface area contributed by atoms with Crippen molar-refractivity contribution in [2.45, 2.75) is 103 Å². The number of hydrogen-bond acceptors (Lipinski definition) is 3. The van der Waals surface area contributed by atoms with Gasteiger partial charge in [0.1, 0.15) is 0 Å². The van der Waals surface area contributed by atoms with E-state index in [1.165, 1.54) is 89.9 Å². The Bertz CT molecular complexity index is 208. The average Bonchev–Trinajstić information content (AvgIpc) is 2.58. The Morgan fingerprint density at radius 2 is 1.13 bits per heavy atom. The maximum Gasteiger partial charge on any atom is 0.0892 e. The number of methoxy groups -OCH3 is 1. The summed E-state index contributed by atoms with van der Waals surface area (Å²) in [5.41, 5.74) is 0. The van der Waals surface area contributed by atoms with Crippen molar-refractivity contribution >= 4 is 12.6 Å². The molecule has 140 valence electrons. The summed E-state index contributed by atoms with van der Waals surface area (Å²) in [7, 11) is 1.72. The molecule has 0 saturated heterocycles. The molecule has 0 radical (unpaired) electrons. The van der Waals surface area contributed by atoms with Crippen molar-refractivity contribution in [3.8, 4) is 0 Å². The van der Waals surface area contributed by atoms with Gasteiger partial charge in [0.25, 0.3) is 0 Å². The lowest BCUT2D eigenvalue weighted by atomic mass is 10.0. The number of hydrogen-bond donors (Lipinski definition) is 1. The quantitative estimate of drug-likeness (QED) is 0.215. The van der Waals surface area contributed by atoms with E-state index in [1.54, 1.807) is 7.11 Å². The molecule has 0 aliphatic rings. The fourth-order valence-corrected chi connectivity index (χ4v) is 3.06. The molecule has 0 aliphatic carbocycles. The normalized spacial score (nSPS) is 12.7. The van der Waals surface area contributed by atoms with E-state index in [0.29, 0.717) is 6.61 Å². The molecule has 0 amide bonds. The van der Waals surface area contributed by atoms with Gasteiger partial charge in [0.05, 0.1) is 12.7 Å². The molecule has 0 fully saturated rings. The highest BCUT2D eigenvalue weighted by molar-refractivity contribution is 7.80. The smallest absolute Gasteiger partial charge is 0.0892 e. The molecule has 0 rings (SSSR count). The second-order valence-corrected chi connectivity index (χ2v) is 7.08. The maximum absolute atomic E-state index is 5.61. The van der Waals surface area contributed by atoms with Crippen LogP contribution < -0.4 is 0 Å². The Balaban J connectivity index is 3.02. The highest BCUT2D eigenvalue weighted by Crippen LogP contribution is 2.12. The molecular weight excluding hydrogens is 304 g/mol. The highest BCUT2D eigenvalue weighted by atomic mass is 32.1. The maximum atomic E-state index is 5.61. The Kier molecular flexibility index (Phi) is 20.6. The molecule has 0 bridgehead atoms. The summed E-state index contributed by atoms with van der Waals surface area (Å²) in [6.07, 6.45) is 19.7. The molecule has 0 aromatic carbocycles. The van der Waals surface area contributed by atoms with Crippen molar-refractivity contribution in [2.24, 2.45) is 0 Å². The van der Waals surface area contributed by atoms with Crippen LogP contribution in [0.5, 0.6) is 0 Å². The predicted octanol–water partition coefficient (Wildman–Crippen LogP) is 6.43. The number of rotatable bonds is 19. The van der Waals surface area contributed by atoms with E-state index in [1.807, 2.05) is 0 Å². The van der Waals surface area contributed by atoms with Crippen molar-refractivity contribution in [2.75, 3.05) is 26.1 Å². The van der Waals surface area contributed by atoms with Gasteiger partial charge in [-0.15, -0.1) is 0 Å². The van der Waals surface area contributed by atoms with Gasteiger partial charge in [-0.05, 0) is 6.42 Å². The zero-order chi connectivity index (χ0) is 17.0. The summed E-state index contributed by atoms with van der Waals surface area (Å²) in [5.74, 6) is 0.731. The van der Waals surface area contributed by atoms with Crippen molar-refractivity contribution in [1.82, 2.24) is 0 Å². The van der Waals surface area contributed by atoms with Gasteiger partial charge in [-0.1, -0.05) is 90.4 Å². The monoisotopic (exact) mass is 346 g/mol. The number of unbranched alkanes of at least 4 members (excludes halogenated alkanes) is 13. The van der Waals surface area contributed by atoms with Gasteiger partial charge in [0, 0.05) is 19.5 Å². The molecular formula is C20H42O2S. The van der Waals surface area contributed by atoms with Crippen LogP contribution in [0, 0.1) is 0 Å². The Labute approximate surface area is 151 Å². The highest BCUT2D eigenvalue weighted by Gasteiger charge is 2.03. The summed E-state index contributed by atoms with van der Waals surface area (Å²) in [6.45, 7) is 3.83. The lowest BCUT2D eigenvalue weighted by molar-refractivity contribution is 0.0200. The fourth-order valence-electron chi connectivity index (χ4n) is 2.81. The minimum absolute atomic E-state index is 0.143. The first-order valence-corrected chi connectivity index (χ1v) is 10.7. The Morgan fingerprint density at radius 3 is 1.52 bits per heavy atom. The molecule has 0 N–H and O–H groups in total. The number of ether oxygens (including phenoxy) is 2. The molecule has 0 spiro atoms. The topological polar surface area (TPSA) is 18.5 Å². The van der Waals surface area contributed by atoms with E-state index in [-0.39, 0.29) is 6.10 Å². The van der Waals surface area contributed by atoms with Crippen LogP contribution in [0.4, 0.5) is 0 Å². The zero-order valence-electron chi connectivity index (χ0n) is 15.9. The molecule has 0 aromatic heterocycles. The van der Waals surface area contributed by atoms with Crippen LogP contribution in [0.2, 0.25) is 0 Å². The van der Waals surface area contributed by atoms with E-state index in [0.717, 1.165) is 12.4 Å². The molecule has 0 unspecified atom stereocenters. The molecule has 23 heavy (non-hydrogen) atoms. The lowest BCUT2D eigenvalue weighted by Gasteiger charge is -2.12. The first kappa shape index (κ1) is 23.3. The third-order valence-electron chi connectivity index (χ3n) is 4.48. The molecule has 0 aliphatic heterocycles. The standard InChI is InChI=1S/C20H42O2S/c1-3-4-5-6-7-8-9-10-11-12-13-14-15-16-17-22-18-20(19-23)21-2/h20,23H,3-19H2,1-2H3/t20-/m1/s1. The summed E-state index contributed by atoms with van der Waals surface area (Å²) >= 11 is 4.22. The van der Waals surface area contributed by atoms with Crippen LogP contribution >= 0.6 is 12.6 Å². The van der Waals surface area contributed by atoms with Gasteiger partial charge < -0.3 is 9.47 Å². The third kappa shape index (κ3) is 18.4. The van der Waals surface area contributed by atoms with Gasteiger partial charge in [0.2, 0.25) is 0 Å². The fraction of sp³-hybridized carbons (Fsp3) is 1.00. The third-order valence-corrected chi connectivity index (χ3v) is 4.89. The summed E-state index contributed by atoms with van der Waals surface area (Å²) in [4.78, 5) is 0. The van der Waals surface area contributed by atoms with Gasteiger partial charge in [0.15, 0.2) is 0 Å². The molecule has 1 atom stereocenters. The number of thiol groups is 1. The zero-order valence-corrected chi connectivity index (χ0v) is 16.8. The minimum Gasteiger partial charge on any atom is -0.379 e. The second-order valence-electron chi connectivity index (χ2n) is 6.71. The molecule has 3 heteroatoms. The van der Waals surface area contributed by atoms with Crippen molar-refractivity contribution < 1.29 is 9.47 Å². The van der Waals surface area contributed by atoms with E-state index in [2.05, 4.69) is 19.6 Å². The second kappa shape index (κ2) is 20.3. The van der Waals surface area contributed by atoms with Crippen LogP contribution in [0.3, 0.4) is 0 Å². The van der Waals surface area contributed by atoms with Crippen molar-refractivity contribution in [3.63, 3.8) is 0 Å². The SMILES string of the molecule is CCCCCCCCCCCCCCCCOC[C@H](CS)OC. The van der Waals surface area contributed by atoms with Gasteiger partial charge in [-0.3, -0.25) is 0 Å². The minimum atomic E-state index is 0.143. The van der Waals surface area contributed by atoms with Gasteiger partial charge in [-0.25, -0.2) is 0 Å². The summed E-state index contributed by atoms with van der Waals surface area (Å²) in [5, 5.41) is 0. The van der Waals surface area contributed by atoms with E-state index < -0.39 is 0 Å². The first-order valence-electron chi connectivity index (χ1n) is 10.1. The molecule has 0 aromatic rings.